The standard InChI is InChI=1S/C12H20O2/c1-3-14-10(2)12(13)11-8-6-4-5-7-9-11/h8,10H,3-7,9H2,1-2H3. The van der Waals surface area contributed by atoms with Crippen LogP contribution >= 0.6 is 0 Å². The number of Topliss-reactive ketones (excluding diaryl/α,β-unsaturated/α-hetero) is 1. The minimum Gasteiger partial charge on any atom is -0.371 e. The van der Waals surface area contributed by atoms with Crippen molar-refractivity contribution in [3.8, 4) is 0 Å². The third-order valence-corrected chi connectivity index (χ3v) is 2.64. The Morgan fingerprint density at radius 3 is 3.00 bits per heavy atom. The zero-order valence-corrected chi connectivity index (χ0v) is 9.21. The second kappa shape index (κ2) is 5.97. The Hall–Kier alpha value is -0.630. The van der Waals surface area contributed by atoms with Crippen molar-refractivity contribution in [1.82, 2.24) is 0 Å². The molecule has 1 rings (SSSR count). The topological polar surface area (TPSA) is 26.3 Å². The van der Waals surface area contributed by atoms with E-state index in [1.54, 1.807) is 0 Å². The maximum atomic E-state index is 11.8. The van der Waals surface area contributed by atoms with E-state index in [0.717, 1.165) is 24.8 Å². The van der Waals surface area contributed by atoms with Gasteiger partial charge in [0.15, 0.2) is 5.78 Å². The summed E-state index contributed by atoms with van der Waals surface area (Å²) in [4.78, 5) is 11.8. The smallest absolute Gasteiger partial charge is 0.186 e. The fraction of sp³-hybridized carbons (Fsp3) is 0.750. The zero-order valence-electron chi connectivity index (χ0n) is 9.21. The molecule has 80 valence electrons. The van der Waals surface area contributed by atoms with Gasteiger partial charge in [-0.3, -0.25) is 4.79 Å². The molecule has 0 spiro atoms. The largest absolute Gasteiger partial charge is 0.371 e. The number of ketones is 1. The van der Waals surface area contributed by atoms with Gasteiger partial charge in [0, 0.05) is 6.61 Å². The third-order valence-electron chi connectivity index (χ3n) is 2.64. The lowest BCUT2D eigenvalue weighted by atomic mass is 10.0. The lowest BCUT2D eigenvalue weighted by Gasteiger charge is -2.12. The highest BCUT2D eigenvalue weighted by molar-refractivity contribution is 5.98. The molecule has 1 unspecified atom stereocenters. The molecule has 1 atom stereocenters. The Kier molecular flexibility index (Phi) is 4.88. The summed E-state index contributed by atoms with van der Waals surface area (Å²) in [5.41, 5.74) is 0.989. The predicted octanol–water partition coefficient (Wildman–Crippen LogP) is 2.87. The summed E-state index contributed by atoms with van der Waals surface area (Å²) in [7, 11) is 0. The van der Waals surface area contributed by atoms with Crippen LogP contribution in [-0.4, -0.2) is 18.5 Å². The van der Waals surface area contributed by atoms with Gasteiger partial charge in [0.25, 0.3) is 0 Å². The number of ether oxygens (including phenoxy) is 1. The molecule has 0 fully saturated rings. The molecule has 0 aliphatic heterocycles. The highest BCUT2D eigenvalue weighted by Gasteiger charge is 2.18. The first-order valence-electron chi connectivity index (χ1n) is 5.60. The van der Waals surface area contributed by atoms with Crippen LogP contribution in [0.3, 0.4) is 0 Å². The molecule has 0 bridgehead atoms. The lowest BCUT2D eigenvalue weighted by molar-refractivity contribution is -0.125. The third kappa shape index (κ3) is 3.26. The molecule has 2 nitrogen and oxygen atoms in total. The summed E-state index contributed by atoms with van der Waals surface area (Å²) in [5, 5.41) is 0. The maximum absolute atomic E-state index is 11.8. The zero-order chi connectivity index (χ0) is 10.4. The van der Waals surface area contributed by atoms with Gasteiger partial charge in [-0.2, -0.15) is 0 Å². The molecule has 14 heavy (non-hydrogen) atoms. The van der Waals surface area contributed by atoms with E-state index in [-0.39, 0.29) is 11.9 Å². The summed E-state index contributed by atoms with van der Waals surface area (Å²) in [6.07, 6.45) is 7.46. The molecule has 0 heterocycles. The van der Waals surface area contributed by atoms with Gasteiger partial charge in [-0.15, -0.1) is 0 Å². The molecule has 1 aliphatic carbocycles. The van der Waals surface area contributed by atoms with Crippen molar-refractivity contribution < 1.29 is 9.53 Å². The molecule has 0 aromatic rings. The van der Waals surface area contributed by atoms with Crippen LogP contribution in [0, 0.1) is 0 Å². The SMILES string of the molecule is CCOC(C)C(=O)C1=CCCCCC1. The van der Waals surface area contributed by atoms with E-state index in [9.17, 15) is 4.79 Å². The van der Waals surface area contributed by atoms with Gasteiger partial charge in [0.1, 0.15) is 6.10 Å². The monoisotopic (exact) mass is 196 g/mol. The Balaban J connectivity index is 2.53. The van der Waals surface area contributed by atoms with Crippen LogP contribution in [0.2, 0.25) is 0 Å². The van der Waals surface area contributed by atoms with Crippen molar-refractivity contribution in [2.24, 2.45) is 0 Å². The number of hydrogen-bond acceptors (Lipinski definition) is 2. The van der Waals surface area contributed by atoms with Crippen LogP contribution in [-0.2, 0) is 9.53 Å². The molecule has 0 aromatic heterocycles. The average Bonchev–Trinajstić information content (AvgIpc) is 2.45. The minimum absolute atomic E-state index is 0.189. The van der Waals surface area contributed by atoms with Gasteiger partial charge < -0.3 is 4.74 Å². The van der Waals surface area contributed by atoms with Crippen LogP contribution in [0.4, 0.5) is 0 Å². The van der Waals surface area contributed by atoms with Crippen molar-refractivity contribution in [3.05, 3.63) is 11.6 Å². The number of carbonyl (C=O) groups is 1. The van der Waals surface area contributed by atoms with Gasteiger partial charge >= 0.3 is 0 Å². The minimum atomic E-state index is -0.260. The van der Waals surface area contributed by atoms with Gasteiger partial charge in [0.2, 0.25) is 0 Å². The van der Waals surface area contributed by atoms with E-state index in [4.69, 9.17) is 4.74 Å². The number of rotatable bonds is 4. The average molecular weight is 196 g/mol. The molecule has 0 saturated carbocycles. The van der Waals surface area contributed by atoms with E-state index in [1.807, 2.05) is 13.8 Å². The van der Waals surface area contributed by atoms with Crippen molar-refractivity contribution in [1.29, 1.82) is 0 Å². The van der Waals surface area contributed by atoms with Gasteiger partial charge in [0.05, 0.1) is 0 Å². The summed E-state index contributed by atoms with van der Waals surface area (Å²) in [5.74, 6) is 0.189. The van der Waals surface area contributed by atoms with Gasteiger partial charge in [-0.05, 0) is 45.1 Å². The van der Waals surface area contributed by atoms with Crippen LogP contribution in [0.15, 0.2) is 11.6 Å². The number of allylic oxidation sites excluding steroid dienone is 1. The predicted molar refractivity (Wildman–Crippen MR) is 57.3 cm³/mol. The maximum Gasteiger partial charge on any atom is 0.186 e. The molecule has 0 radical (unpaired) electrons. The molecular formula is C12H20O2. The molecule has 0 aromatic carbocycles. The molecule has 2 heteroatoms. The highest BCUT2D eigenvalue weighted by atomic mass is 16.5. The van der Waals surface area contributed by atoms with Crippen LogP contribution < -0.4 is 0 Å². The van der Waals surface area contributed by atoms with Crippen LogP contribution in [0.5, 0.6) is 0 Å². The van der Waals surface area contributed by atoms with E-state index < -0.39 is 0 Å². The molecule has 0 saturated heterocycles. The quantitative estimate of drug-likeness (QED) is 0.691. The van der Waals surface area contributed by atoms with Crippen molar-refractivity contribution >= 4 is 5.78 Å². The summed E-state index contributed by atoms with van der Waals surface area (Å²) < 4.78 is 5.31. The lowest BCUT2D eigenvalue weighted by Crippen LogP contribution is -2.22. The summed E-state index contributed by atoms with van der Waals surface area (Å²) in [6.45, 7) is 4.38. The first-order chi connectivity index (χ1) is 6.75. The number of hydrogen-bond donors (Lipinski definition) is 0. The fourth-order valence-corrected chi connectivity index (χ4v) is 1.83. The summed E-state index contributed by atoms with van der Waals surface area (Å²) in [6, 6.07) is 0. The van der Waals surface area contributed by atoms with Crippen molar-refractivity contribution in [2.45, 2.75) is 52.1 Å². The first-order valence-corrected chi connectivity index (χ1v) is 5.60. The second-order valence-electron chi connectivity index (χ2n) is 3.79. The van der Waals surface area contributed by atoms with Gasteiger partial charge in [-0.25, -0.2) is 0 Å². The van der Waals surface area contributed by atoms with E-state index in [1.165, 1.54) is 12.8 Å². The Morgan fingerprint density at radius 2 is 2.29 bits per heavy atom. The summed E-state index contributed by atoms with van der Waals surface area (Å²) >= 11 is 0. The Morgan fingerprint density at radius 1 is 1.50 bits per heavy atom. The van der Waals surface area contributed by atoms with Crippen molar-refractivity contribution in [2.75, 3.05) is 6.61 Å². The Bertz CT molecular complexity index is 218. The molecule has 0 N–H and O–H groups in total. The highest BCUT2D eigenvalue weighted by Crippen LogP contribution is 2.19. The van der Waals surface area contributed by atoms with E-state index in [0.29, 0.717) is 6.61 Å². The van der Waals surface area contributed by atoms with Crippen LogP contribution in [0.1, 0.15) is 46.0 Å². The number of carbonyl (C=O) groups excluding carboxylic acids is 1. The molecule has 1 aliphatic rings. The van der Waals surface area contributed by atoms with E-state index >= 15 is 0 Å². The second-order valence-corrected chi connectivity index (χ2v) is 3.79. The fourth-order valence-electron chi connectivity index (χ4n) is 1.83. The van der Waals surface area contributed by atoms with E-state index in [2.05, 4.69) is 6.08 Å². The van der Waals surface area contributed by atoms with Gasteiger partial charge in [-0.1, -0.05) is 12.5 Å². The molecular weight excluding hydrogens is 176 g/mol. The van der Waals surface area contributed by atoms with Crippen LogP contribution in [0.25, 0.3) is 0 Å². The Labute approximate surface area is 86.3 Å². The molecule has 0 amide bonds. The first kappa shape index (κ1) is 11.4. The normalized spacial score (nSPS) is 19.7. The van der Waals surface area contributed by atoms with Crippen molar-refractivity contribution in [3.63, 3.8) is 0 Å².